The highest BCUT2D eigenvalue weighted by Crippen LogP contribution is 2.28. The molecule has 0 aliphatic heterocycles. The van der Waals surface area contributed by atoms with E-state index in [1.165, 1.54) is 24.3 Å². The van der Waals surface area contributed by atoms with Crippen LogP contribution in [0, 0.1) is 17.5 Å². The average Bonchev–Trinajstić information content (AvgIpc) is 2.32. The second-order valence-electron chi connectivity index (χ2n) is 3.78. The summed E-state index contributed by atoms with van der Waals surface area (Å²) in [5.41, 5.74) is 5.44. The Hall–Kier alpha value is -1.33. The fourth-order valence-corrected chi connectivity index (χ4v) is 2.10. The molecular weight excluding hydrogens is 307 g/mol. The van der Waals surface area contributed by atoms with Crippen LogP contribution >= 0.6 is 15.9 Å². The van der Waals surface area contributed by atoms with Crippen LogP contribution in [0.3, 0.4) is 0 Å². The predicted octanol–water partition coefficient (Wildman–Crippen LogP) is 3.91. The van der Waals surface area contributed by atoms with Crippen LogP contribution in [-0.2, 0) is 0 Å². The van der Waals surface area contributed by atoms with Crippen LogP contribution in [-0.4, -0.2) is 0 Å². The Morgan fingerprint density at radius 1 is 0.944 bits per heavy atom. The van der Waals surface area contributed by atoms with Gasteiger partial charge in [0.25, 0.3) is 0 Å². The number of benzene rings is 2. The van der Waals surface area contributed by atoms with Gasteiger partial charge >= 0.3 is 0 Å². The third-order valence-electron chi connectivity index (χ3n) is 2.60. The summed E-state index contributed by atoms with van der Waals surface area (Å²) in [6.45, 7) is 0. The molecule has 2 aromatic rings. The molecule has 1 nitrogen and oxygen atoms in total. The lowest BCUT2D eigenvalue weighted by Crippen LogP contribution is -2.17. The normalized spacial score (nSPS) is 12.5. The molecule has 0 heterocycles. The molecule has 0 fully saturated rings. The molecule has 0 saturated heterocycles. The summed E-state index contributed by atoms with van der Waals surface area (Å²) in [4.78, 5) is 0. The second kappa shape index (κ2) is 5.12. The van der Waals surface area contributed by atoms with Gasteiger partial charge in [-0.25, -0.2) is 13.2 Å². The van der Waals surface area contributed by atoms with Gasteiger partial charge in [-0.2, -0.15) is 0 Å². The van der Waals surface area contributed by atoms with E-state index in [4.69, 9.17) is 5.73 Å². The molecular formula is C13H9BrF3N. The lowest BCUT2D eigenvalue weighted by molar-refractivity contribution is 0.533. The highest BCUT2D eigenvalue weighted by molar-refractivity contribution is 9.10. The Balaban J connectivity index is 2.54. The van der Waals surface area contributed by atoms with Crippen molar-refractivity contribution < 1.29 is 13.2 Å². The van der Waals surface area contributed by atoms with Crippen LogP contribution in [0.5, 0.6) is 0 Å². The minimum absolute atomic E-state index is 0.0355. The average molecular weight is 316 g/mol. The molecule has 5 heteroatoms. The third-order valence-corrected chi connectivity index (χ3v) is 3.10. The highest BCUT2D eigenvalue weighted by atomic mass is 79.9. The number of halogens is 4. The van der Waals surface area contributed by atoms with Gasteiger partial charge in [0.05, 0.1) is 6.04 Å². The van der Waals surface area contributed by atoms with Crippen molar-refractivity contribution in [2.24, 2.45) is 5.73 Å². The summed E-state index contributed by atoms with van der Waals surface area (Å²) in [6.07, 6.45) is 0. The van der Waals surface area contributed by atoms with E-state index in [2.05, 4.69) is 15.9 Å². The fraction of sp³-hybridized carbons (Fsp3) is 0.0769. The van der Waals surface area contributed by atoms with Gasteiger partial charge in [0.1, 0.15) is 17.5 Å². The van der Waals surface area contributed by atoms with E-state index < -0.39 is 23.5 Å². The Morgan fingerprint density at radius 3 is 2.17 bits per heavy atom. The van der Waals surface area contributed by atoms with Crippen LogP contribution in [0.25, 0.3) is 0 Å². The molecule has 0 spiro atoms. The molecule has 0 aliphatic rings. The predicted molar refractivity (Wildman–Crippen MR) is 66.5 cm³/mol. The minimum atomic E-state index is -1.19. The van der Waals surface area contributed by atoms with Crippen LogP contribution in [0.4, 0.5) is 13.2 Å². The quantitative estimate of drug-likeness (QED) is 0.893. The zero-order valence-corrected chi connectivity index (χ0v) is 10.7. The van der Waals surface area contributed by atoms with E-state index in [9.17, 15) is 13.2 Å². The zero-order chi connectivity index (χ0) is 13.3. The van der Waals surface area contributed by atoms with E-state index in [0.717, 1.165) is 12.1 Å². The van der Waals surface area contributed by atoms with E-state index in [1.54, 1.807) is 0 Å². The maximum atomic E-state index is 13.6. The van der Waals surface area contributed by atoms with Gasteiger partial charge in [0, 0.05) is 15.6 Å². The summed E-state index contributed by atoms with van der Waals surface area (Å²) in [7, 11) is 0. The van der Waals surface area contributed by atoms with Crippen molar-refractivity contribution in [1.82, 2.24) is 0 Å². The van der Waals surface area contributed by atoms with Crippen molar-refractivity contribution in [2.75, 3.05) is 0 Å². The first-order chi connectivity index (χ1) is 8.50. The van der Waals surface area contributed by atoms with Crippen molar-refractivity contribution in [3.8, 4) is 0 Å². The Morgan fingerprint density at radius 2 is 1.56 bits per heavy atom. The summed E-state index contributed by atoms with van der Waals surface area (Å²) < 4.78 is 41.3. The molecule has 0 radical (unpaired) electrons. The first kappa shape index (κ1) is 13.1. The molecule has 1 unspecified atom stereocenters. The van der Waals surface area contributed by atoms with Gasteiger partial charge in [-0.05, 0) is 30.3 Å². The molecule has 2 N–H and O–H groups in total. The second-order valence-corrected chi connectivity index (χ2v) is 4.69. The van der Waals surface area contributed by atoms with Crippen LogP contribution in [0.1, 0.15) is 17.2 Å². The number of nitrogens with two attached hydrogens (primary N) is 1. The van der Waals surface area contributed by atoms with Crippen molar-refractivity contribution in [3.05, 3.63) is 69.4 Å². The van der Waals surface area contributed by atoms with E-state index in [-0.39, 0.29) is 11.1 Å². The summed E-state index contributed by atoms with van der Waals surface area (Å²) in [5, 5.41) is 0. The standard InChI is InChI=1S/C13H9BrF3N/c14-7-4-5-9(15)8(6-7)13(18)12-10(16)2-1-3-11(12)17/h1-6,13H,18H2. The molecule has 0 aromatic heterocycles. The molecule has 2 rings (SSSR count). The van der Waals surface area contributed by atoms with Crippen LogP contribution in [0.2, 0.25) is 0 Å². The van der Waals surface area contributed by atoms with E-state index >= 15 is 0 Å². The first-order valence-electron chi connectivity index (χ1n) is 5.15. The van der Waals surface area contributed by atoms with Gasteiger partial charge in [-0.1, -0.05) is 22.0 Å². The lowest BCUT2D eigenvalue weighted by atomic mass is 9.98. The SMILES string of the molecule is NC(c1cc(Br)ccc1F)c1c(F)cccc1F. The summed E-state index contributed by atoms with van der Waals surface area (Å²) >= 11 is 3.16. The number of rotatable bonds is 2. The van der Waals surface area contributed by atoms with Crippen LogP contribution < -0.4 is 5.73 Å². The Kier molecular flexibility index (Phi) is 3.73. The van der Waals surface area contributed by atoms with Crippen molar-refractivity contribution in [3.63, 3.8) is 0 Å². The highest BCUT2D eigenvalue weighted by Gasteiger charge is 2.21. The maximum absolute atomic E-state index is 13.6. The molecule has 0 bridgehead atoms. The molecule has 1 atom stereocenters. The lowest BCUT2D eigenvalue weighted by Gasteiger charge is -2.15. The molecule has 2 aromatic carbocycles. The van der Waals surface area contributed by atoms with Gasteiger partial charge in [0.2, 0.25) is 0 Å². The molecule has 0 aliphatic carbocycles. The Labute approximate surface area is 111 Å². The number of hydrogen-bond acceptors (Lipinski definition) is 1. The topological polar surface area (TPSA) is 26.0 Å². The van der Waals surface area contributed by atoms with Gasteiger partial charge < -0.3 is 5.73 Å². The largest absolute Gasteiger partial charge is 0.320 e. The van der Waals surface area contributed by atoms with Crippen molar-refractivity contribution in [2.45, 2.75) is 6.04 Å². The molecule has 94 valence electrons. The molecule has 0 saturated carbocycles. The van der Waals surface area contributed by atoms with Crippen molar-refractivity contribution in [1.29, 1.82) is 0 Å². The first-order valence-corrected chi connectivity index (χ1v) is 5.94. The summed E-state index contributed by atoms with van der Waals surface area (Å²) in [6, 6.07) is 6.32. The maximum Gasteiger partial charge on any atom is 0.131 e. The number of hydrogen-bond donors (Lipinski definition) is 1. The van der Waals surface area contributed by atoms with Crippen LogP contribution in [0.15, 0.2) is 40.9 Å². The van der Waals surface area contributed by atoms with E-state index in [0.29, 0.717) is 4.47 Å². The van der Waals surface area contributed by atoms with E-state index in [1.807, 2.05) is 0 Å². The van der Waals surface area contributed by atoms with Gasteiger partial charge in [0.15, 0.2) is 0 Å². The monoisotopic (exact) mass is 315 g/mol. The molecule has 0 amide bonds. The fourth-order valence-electron chi connectivity index (χ4n) is 1.72. The van der Waals surface area contributed by atoms with Crippen molar-refractivity contribution >= 4 is 15.9 Å². The smallest absolute Gasteiger partial charge is 0.131 e. The molecule has 18 heavy (non-hydrogen) atoms. The minimum Gasteiger partial charge on any atom is -0.320 e. The Bertz CT molecular complexity index is 566. The third kappa shape index (κ3) is 2.42. The van der Waals surface area contributed by atoms with Gasteiger partial charge in [-0.15, -0.1) is 0 Å². The zero-order valence-electron chi connectivity index (χ0n) is 9.13. The van der Waals surface area contributed by atoms with Gasteiger partial charge in [-0.3, -0.25) is 0 Å². The summed E-state index contributed by atoms with van der Waals surface area (Å²) in [5.74, 6) is -2.18.